The Hall–Kier alpha value is -1.95. The summed E-state index contributed by atoms with van der Waals surface area (Å²) < 4.78 is 17.2. The Morgan fingerprint density at radius 3 is 2.76 bits per heavy atom. The molecule has 2 bridgehead atoms. The van der Waals surface area contributed by atoms with E-state index < -0.39 is 0 Å². The van der Waals surface area contributed by atoms with E-state index in [4.69, 9.17) is 19.2 Å². The van der Waals surface area contributed by atoms with Crippen molar-refractivity contribution in [1.82, 2.24) is 10.2 Å². The van der Waals surface area contributed by atoms with Gasteiger partial charge in [-0.05, 0) is 25.8 Å². The molecule has 1 N–H and O–H groups in total. The SMILES string of the molecule is CCNC(=NCc1cccc2c1OCO2)N1CC2C3CCC(O3)C2C1. The Balaban J connectivity index is 1.33. The van der Waals surface area contributed by atoms with Crippen molar-refractivity contribution in [3.63, 3.8) is 0 Å². The largest absolute Gasteiger partial charge is 0.454 e. The van der Waals surface area contributed by atoms with Gasteiger partial charge in [0.15, 0.2) is 17.5 Å². The van der Waals surface area contributed by atoms with Gasteiger partial charge in [0.05, 0.1) is 18.8 Å². The number of aliphatic imine (C=N–C) groups is 1. The number of rotatable bonds is 3. The van der Waals surface area contributed by atoms with Crippen LogP contribution in [-0.2, 0) is 11.3 Å². The lowest BCUT2D eigenvalue weighted by Gasteiger charge is -2.23. The highest BCUT2D eigenvalue weighted by molar-refractivity contribution is 5.80. The summed E-state index contributed by atoms with van der Waals surface area (Å²) in [4.78, 5) is 7.32. The summed E-state index contributed by atoms with van der Waals surface area (Å²) in [5, 5.41) is 3.46. The van der Waals surface area contributed by atoms with Crippen molar-refractivity contribution in [3.8, 4) is 11.5 Å². The zero-order chi connectivity index (χ0) is 16.8. The number of likely N-dealkylation sites (tertiary alicyclic amines) is 1. The predicted molar refractivity (Wildman–Crippen MR) is 93.8 cm³/mol. The lowest BCUT2D eigenvalue weighted by molar-refractivity contribution is 0.0767. The third-order valence-electron chi connectivity index (χ3n) is 5.96. The predicted octanol–water partition coefficient (Wildman–Crippen LogP) is 1.99. The monoisotopic (exact) mass is 343 g/mol. The molecule has 4 atom stereocenters. The van der Waals surface area contributed by atoms with Crippen LogP contribution in [0, 0.1) is 11.8 Å². The van der Waals surface area contributed by atoms with E-state index in [9.17, 15) is 0 Å². The van der Waals surface area contributed by atoms with Crippen LogP contribution in [0.15, 0.2) is 23.2 Å². The van der Waals surface area contributed by atoms with Crippen molar-refractivity contribution in [2.75, 3.05) is 26.4 Å². The van der Waals surface area contributed by atoms with Gasteiger partial charge in [0.2, 0.25) is 6.79 Å². The summed E-state index contributed by atoms with van der Waals surface area (Å²) in [6.45, 7) is 6.02. The van der Waals surface area contributed by atoms with Crippen LogP contribution in [-0.4, -0.2) is 49.5 Å². The molecule has 0 aromatic heterocycles. The van der Waals surface area contributed by atoms with Gasteiger partial charge in [0.1, 0.15) is 0 Å². The highest BCUT2D eigenvalue weighted by Gasteiger charge is 2.53. The number of hydrogen-bond acceptors (Lipinski definition) is 4. The first-order valence-corrected chi connectivity index (χ1v) is 9.39. The van der Waals surface area contributed by atoms with E-state index in [-0.39, 0.29) is 0 Å². The van der Waals surface area contributed by atoms with E-state index in [0.717, 1.165) is 42.7 Å². The Kier molecular flexibility index (Phi) is 3.73. The molecule has 0 amide bonds. The first kappa shape index (κ1) is 15.3. The third kappa shape index (κ3) is 2.54. The van der Waals surface area contributed by atoms with Gasteiger partial charge in [-0.15, -0.1) is 0 Å². The molecular weight excluding hydrogens is 318 g/mol. The fourth-order valence-corrected chi connectivity index (χ4v) is 4.83. The number of fused-ring (bicyclic) bond motifs is 6. The summed E-state index contributed by atoms with van der Waals surface area (Å²) in [5.41, 5.74) is 1.08. The zero-order valence-corrected chi connectivity index (χ0v) is 14.6. The quantitative estimate of drug-likeness (QED) is 0.672. The highest BCUT2D eigenvalue weighted by atomic mass is 16.7. The van der Waals surface area contributed by atoms with E-state index in [2.05, 4.69) is 23.2 Å². The lowest BCUT2D eigenvalue weighted by Crippen LogP contribution is -2.41. The number of benzene rings is 1. The molecule has 0 saturated carbocycles. The van der Waals surface area contributed by atoms with Crippen molar-refractivity contribution < 1.29 is 14.2 Å². The molecule has 5 rings (SSSR count). The number of ether oxygens (including phenoxy) is 3. The van der Waals surface area contributed by atoms with Gasteiger partial charge in [0, 0.05) is 37.0 Å². The maximum absolute atomic E-state index is 6.09. The van der Waals surface area contributed by atoms with Crippen LogP contribution in [0.5, 0.6) is 11.5 Å². The van der Waals surface area contributed by atoms with Gasteiger partial charge in [-0.25, -0.2) is 4.99 Å². The number of guanidine groups is 1. The van der Waals surface area contributed by atoms with Crippen LogP contribution in [0.4, 0.5) is 0 Å². The lowest BCUT2D eigenvalue weighted by atomic mass is 9.82. The molecule has 4 unspecified atom stereocenters. The van der Waals surface area contributed by atoms with Gasteiger partial charge in [-0.3, -0.25) is 0 Å². The second-order valence-corrected chi connectivity index (χ2v) is 7.34. The molecule has 25 heavy (non-hydrogen) atoms. The van der Waals surface area contributed by atoms with Crippen LogP contribution in [0.1, 0.15) is 25.3 Å². The van der Waals surface area contributed by atoms with Gasteiger partial charge >= 0.3 is 0 Å². The van der Waals surface area contributed by atoms with Gasteiger partial charge in [-0.1, -0.05) is 12.1 Å². The molecule has 134 valence electrons. The fourth-order valence-electron chi connectivity index (χ4n) is 4.83. The Bertz CT molecular complexity index is 674. The second kappa shape index (κ2) is 6.09. The first-order valence-electron chi connectivity index (χ1n) is 9.39. The van der Waals surface area contributed by atoms with E-state index in [1.165, 1.54) is 12.8 Å². The molecule has 6 heteroatoms. The summed E-state index contributed by atoms with van der Waals surface area (Å²) in [5.74, 6) is 4.03. The Labute approximate surface area is 148 Å². The molecule has 6 nitrogen and oxygen atoms in total. The average Bonchev–Trinajstić information content (AvgIpc) is 3.39. The molecule has 4 heterocycles. The molecule has 1 aromatic carbocycles. The maximum atomic E-state index is 6.09. The molecule has 3 fully saturated rings. The van der Waals surface area contributed by atoms with Crippen LogP contribution >= 0.6 is 0 Å². The van der Waals surface area contributed by atoms with Crippen molar-refractivity contribution in [3.05, 3.63) is 23.8 Å². The van der Waals surface area contributed by atoms with E-state index >= 15 is 0 Å². The maximum Gasteiger partial charge on any atom is 0.231 e. The van der Waals surface area contributed by atoms with E-state index in [1.807, 2.05) is 12.1 Å². The summed E-state index contributed by atoms with van der Waals surface area (Å²) in [7, 11) is 0. The second-order valence-electron chi connectivity index (χ2n) is 7.34. The minimum Gasteiger partial charge on any atom is -0.454 e. The summed E-state index contributed by atoms with van der Waals surface area (Å²) in [6, 6.07) is 6.01. The summed E-state index contributed by atoms with van der Waals surface area (Å²) >= 11 is 0. The number of nitrogens with one attached hydrogen (secondary N) is 1. The van der Waals surface area contributed by atoms with Gasteiger partial charge in [-0.2, -0.15) is 0 Å². The van der Waals surface area contributed by atoms with Crippen LogP contribution in [0.2, 0.25) is 0 Å². The molecule has 4 aliphatic rings. The minimum atomic E-state index is 0.300. The van der Waals surface area contributed by atoms with Crippen molar-refractivity contribution in [2.24, 2.45) is 16.8 Å². The molecular formula is C19H25N3O3. The first-order chi connectivity index (χ1) is 12.3. The molecule has 3 saturated heterocycles. The van der Waals surface area contributed by atoms with Crippen molar-refractivity contribution >= 4 is 5.96 Å². The highest BCUT2D eigenvalue weighted by Crippen LogP contribution is 2.47. The molecule has 0 spiro atoms. The van der Waals surface area contributed by atoms with Crippen LogP contribution in [0.3, 0.4) is 0 Å². The number of hydrogen-bond donors (Lipinski definition) is 1. The molecule has 1 aromatic rings. The molecule has 4 aliphatic heterocycles. The number of nitrogens with zero attached hydrogens (tertiary/aromatic N) is 2. The van der Waals surface area contributed by atoms with E-state index in [1.54, 1.807) is 0 Å². The third-order valence-corrected chi connectivity index (χ3v) is 5.96. The fraction of sp³-hybridized carbons (Fsp3) is 0.632. The minimum absolute atomic E-state index is 0.300. The molecule has 0 aliphatic carbocycles. The van der Waals surface area contributed by atoms with Crippen LogP contribution < -0.4 is 14.8 Å². The standard InChI is InChI=1S/C19H25N3O3/c1-2-20-19(21-8-12-4-3-5-17-18(12)24-11-23-17)22-9-13-14(10-22)16-7-6-15(13)25-16/h3-5,13-16H,2,6-11H2,1H3,(H,20,21). The normalized spacial score (nSPS) is 32.4. The van der Waals surface area contributed by atoms with Crippen molar-refractivity contribution in [1.29, 1.82) is 0 Å². The van der Waals surface area contributed by atoms with E-state index in [0.29, 0.717) is 37.4 Å². The molecule has 0 radical (unpaired) electrons. The summed E-state index contributed by atoms with van der Waals surface area (Å²) in [6.07, 6.45) is 3.43. The Morgan fingerprint density at radius 1 is 1.20 bits per heavy atom. The average molecular weight is 343 g/mol. The van der Waals surface area contributed by atoms with Crippen LogP contribution in [0.25, 0.3) is 0 Å². The van der Waals surface area contributed by atoms with Gasteiger partial charge < -0.3 is 24.4 Å². The zero-order valence-electron chi connectivity index (χ0n) is 14.6. The Morgan fingerprint density at radius 2 is 2.00 bits per heavy atom. The van der Waals surface area contributed by atoms with Crippen molar-refractivity contribution in [2.45, 2.75) is 38.5 Å². The smallest absolute Gasteiger partial charge is 0.231 e. The van der Waals surface area contributed by atoms with Gasteiger partial charge in [0.25, 0.3) is 0 Å². The number of para-hydroxylation sites is 1. The topological polar surface area (TPSA) is 55.3 Å².